The van der Waals surface area contributed by atoms with Gasteiger partial charge in [-0.05, 0) is 62.6 Å². The van der Waals surface area contributed by atoms with Crippen LogP contribution in [-0.4, -0.2) is 43.0 Å². The summed E-state index contributed by atoms with van der Waals surface area (Å²) in [5, 5.41) is 3.70. The number of benzene rings is 2. The molecule has 1 amide bonds. The summed E-state index contributed by atoms with van der Waals surface area (Å²) in [6, 6.07) is 11.9. The zero-order valence-corrected chi connectivity index (χ0v) is 17.3. The second-order valence-corrected chi connectivity index (χ2v) is 7.73. The topological polar surface area (TPSA) is 35.6 Å². The first-order chi connectivity index (χ1) is 12.9. The molecule has 1 aliphatic heterocycles. The standard InChI is InChI=1S/C22H28ClN3O/c1-15-7-5-10-21(16(15)2)26-13-11-25(12-14-26)18(4)22(27)24-20-9-6-8-19(23)17(20)3/h5-10,18H,11-14H2,1-4H3,(H,24,27)/t18-/m1/s1. The molecule has 0 aromatic heterocycles. The molecular weight excluding hydrogens is 358 g/mol. The van der Waals surface area contributed by atoms with E-state index in [1.807, 2.05) is 32.0 Å². The third-order valence-electron chi connectivity index (χ3n) is 5.68. The van der Waals surface area contributed by atoms with Gasteiger partial charge in [-0.3, -0.25) is 9.69 Å². The van der Waals surface area contributed by atoms with Gasteiger partial charge in [0.05, 0.1) is 6.04 Å². The van der Waals surface area contributed by atoms with Crippen LogP contribution in [0, 0.1) is 20.8 Å². The Balaban J connectivity index is 1.61. The number of halogens is 1. The molecule has 1 atom stereocenters. The highest BCUT2D eigenvalue weighted by Crippen LogP contribution is 2.25. The minimum Gasteiger partial charge on any atom is -0.369 e. The molecule has 1 N–H and O–H groups in total. The molecule has 2 aromatic rings. The summed E-state index contributed by atoms with van der Waals surface area (Å²) in [5.74, 6) is 0.0144. The number of anilines is 2. The van der Waals surface area contributed by atoms with E-state index in [9.17, 15) is 4.79 Å². The lowest BCUT2D eigenvalue weighted by Crippen LogP contribution is -2.53. The zero-order valence-electron chi connectivity index (χ0n) is 16.6. The Kier molecular flexibility index (Phi) is 6.08. The molecule has 3 rings (SSSR count). The minimum absolute atomic E-state index is 0.0144. The van der Waals surface area contributed by atoms with Crippen LogP contribution >= 0.6 is 11.6 Å². The van der Waals surface area contributed by atoms with Crippen LogP contribution in [0.1, 0.15) is 23.6 Å². The number of hydrogen-bond acceptors (Lipinski definition) is 3. The highest BCUT2D eigenvalue weighted by molar-refractivity contribution is 6.31. The number of amides is 1. The van der Waals surface area contributed by atoms with Crippen LogP contribution < -0.4 is 10.2 Å². The minimum atomic E-state index is -0.177. The van der Waals surface area contributed by atoms with Gasteiger partial charge < -0.3 is 10.2 Å². The fraction of sp³-hybridized carbons (Fsp3) is 0.409. The first kappa shape index (κ1) is 19.7. The van der Waals surface area contributed by atoms with Crippen LogP contribution in [0.4, 0.5) is 11.4 Å². The van der Waals surface area contributed by atoms with Crippen molar-refractivity contribution in [3.8, 4) is 0 Å². The molecule has 5 heteroatoms. The molecule has 1 aliphatic rings. The molecule has 0 bridgehead atoms. The van der Waals surface area contributed by atoms with E-state index in [-0.39, 0.29) is 11.9 Å². The molecule has 1 heterocycles. The lowest BCUT2D eigenvalue weighted by Gasteiger charge is -2.39. The van der Waals surface area contributed by atoms with E-state index in [0.29, 0.717) is 5.02 Å². The Labute approximate surface area is 167 Å². The maximum absolute atomic E-state index is 12.7. The van der Waals surface area contributed by atoms with E-state index in [2.05, 4.69) is 47.2 Å². The predicted octanol–water partition coefficient (Wildman–Crippen LogP) is 4.41. The van der Waals surface area contributed by atoms with Crippen molar-refractivity contribution < 1.29 is 4.79 Å². The largest absolute Gasteiger partial charge is 0.369 e. The van der Waals surface area contributed by atoms with Crippen molar-refractivity contribution in [3.63, 3.8) is 0 Å². The number of nitrogens with zero attached hydrogens (tertiary/aromatic N) is 2. The van der Waals surface area contributed by atoms with Gasteiger partial charge in [0.15, 0.2) is 0 Å². The van der Waals surface area contributed by atoms with E-state index in [1.54, 1.807) is 0 Å². The van der Waals surface area contributed by atoms with Crippen LogP contribution in [0.2, 0.25) is 5.02 Å². The van der Waals surface area contributed by atoms with Gasteiger partial charge in [0.1, 0.15) is 0 Å². The van der Waals surface area contributed by atoms with Gasteiger partial charge in [0.2, 0.25) is 5.91 Å². The van der Waals surface area contributed by atoms with Crippen LogP contribution in [0.5, 0.6) is 0 Å². The molecule has 0 aliphatic carbocycles. The van der Waals surface area contributed by atoms with E-state index < -0.39 is 0 Å². The maximum atomic E-state index is 12.7. The van der Waals surface area contributed by atoms with Crippen LogP contribution in [0.25, 0.3) is 0 Å². The van der Waals surface area contributed by atoms with Crippen molar-refractivity contribution in [2.24, 2.45) is 0 Å². The number of piperazine rings is 1. The summed E-state index contributed by atoms with van der Waals surface area (Å²) in [5.41, 5.74) is 5.65. The second-order valence-electron chi connectivity index (χ2n) is 7.32. The Hall–Kier alpha value is -2.04. The number of hydrogen-bond donors (Lipinski definition) is 1. The molecule has 1 saturated heterocycles. The Morgan fingerprint density at radius 1 is 1.00 bits per heavy atom. The molecule has 1 fully saturated rings. The van der Waals surface area contributed by atoms with Gasteiger partial charge in [-0.2, -0.15) is 0 Å². The van der Waals surface area contributed by atoms with Crippen molar-refractivity contribution in [2.75, 3.05) is 36.4 Å². The lowest BCUT2D eigenvalue weighted by molar-refractivity contribution is -0.120. The van der Waals surface area contributed by atoms with E-state index >= 15 is 0 Å². The molecule has 0 radical (unpaired) electrons. The van der Waals surface area contributed by atoms with Crippen LogP contribution in [-0.2, 0) is 4.79 Å². The van der Waals surface area contributed by atoms with E-state index in [1.165, 1.54) is 16.8 Å². The number of rotatable bonds is 4. The Morgan fingerprint density at radius 3 is 2.37 bits per heavy atom. The van der Waals surface area contributed by atoms with Gasteiger partial charge >= 0.3 is 0 Å². The predicted molar refractivity (Wildman–Crippen MR) is 114 cm³/mol. The number of carbonyl (C=O) groups excluding carboxylic acids is 1. The third-order valence-corrected chi connectivity index (χ3v) is 6.09. The summed E-state index contributed by atoms with van der Waals surface area (Å²) >= 11 is 6.16. The van der Waals surface area contributed by atoms with Gasteiger partial charge in [0, 0.05) is 42.6 Å². The van der Waals surface area contributed by atoms with Crippen molar-refractivity contribution >= 4 is 28.9 Å². The average Bonchev–Trinajstić information content (AvgIpc) is 2.67. The summed E-state index contributed by atoms with van der Waals surface area (Å²) in [6.07, 6.45) is 0. The first-order valence-electron chi connectivity index (χ1n) is 9.49. The summed E-state index contributed by atoms with van der Waals surface area (Å²) < 4.78 is 0. The fourth-order valence-electron chi connectivity index (χ4n) is 3.57. The second kappa shape index (κ2) is 8.32. The highest BCUT2D eigenvalue weighted by atomic mass is 35.5. The van der Waals surface area contributed by atoms with Gasteiger partial charge in [0.25, 0.3) is 0 Å². The normalized spacial score (nSPS) is 16.3. The quantitative estimate of drug-likeness (QED) is 0.846. The van der Waals surface area contributed by atoms with Crippen molar-refractivity contribution in [1.29, 1.82) is 0 Å². The average molecular weight is 386 g/mol. The number of carbonyl (C=O) groups is 1. The highest BCUT2D eigenvalue weighted by Gasteiger charge is 2.26. The molecule has 4 nitrogen and oxygen atoms in total. The molecule has 0 spiro atoms. The molecule has 144 valence electrons. The SMILES string of the molecule is Cc1cccc(N2CCN([C@H](C)C(=O)Nc3cccc(Cl)c3C)CC2)c1C. The van der Waals surface area contributed by atoms with Crippen LogP contribution in [0.3, 0.4) is 0 Å². The van der Waals surface area contributed by atoms with Crippen molar-refractivity contribution in [1.82, 2.24) is 4.90 Å². The van der Waals surface area contributed by atoms with Gasteiger partial charge in [-0.1, -0.05) is 29.8 Å². The fourth-order valence-corrected chi connectivity index (χ4v) is 3.75. The molecule has 0 unspecified atom stereocenters. The number of nitrogens with one attached hydrogen (secondary N) is 1. The lowest BCUT2D eigenvalue weighted by atomic mass is 10.1. The van der Waals surface area contributed by atoms with E-state index in [4.69, 9.17) is 11.6 Å². The molecule has 27 heavy (non-hydrogen) atoms. The van der Waals surface area contributed by atoms with Crippen molar-refractivity contribution in [3.05, 3.63) is 58.1 Å². The summed E-state index contributed by atoms with van der Waals surface area (Å²) in [4.78, 5) is 17.4. The molecular formula is C22H28ClN3O. The first-order valence-corrected chi connectivity index (χ1v) is 9.87. The Bertz CT molecular complexity index is 828. The zero-order chi connectivity index (χ0) is 19.6. The van der Waals surface area contributed by atoms with Crippen LogP contribution in [0.15, 0.2) is 36.4 Å². The van der Waals surface area contributed by atoms with Gasteiger partial charge in [-0.15, -0.1) is 0 Å². The summed E-state index contributed by atoms with van der Waals surface area (Å²) in [7, 11) is 0. The summed E-state index contributed by atoms with van der Waals surface area (Å²) in [6.45, 7) is 11.8. The molecule has 2 aromatic carbocycles. The smallest absolute Gasteiger partial charge is 0.241 e. The Morgan fingerprint density at radius 2 is 1.67 bits per heavy atom. The molecule has 0 saturated carbocycles. The monoisotopic (exact) mass is 385 g/mol. The van der Waals surface area contributed by atoms with E-state index in [0.717, 1.165) is 37.4 Å². The number of aryl methyl sites for hydroxylation is 1. The maximum Gasteiger partial charge on any atom is 0.241 e. The third kappa shape index (κ3) is 4.28. The van der Waals surface area contributed by atoms with Crippen molar-refractivity contribution in [2.45, 2.75) is 33.7 Å². The van der Waals surface area contributed by atoms with Gasteiger partial charge in [-0.25, -0.2) is 0 Å².